The predicted octanol–water partition coefficient (Wildman–Crippen LogP) is 3.77. The fourth-order valence-corrected chi connectivity index (χ4v) is 3.31. The van der Waals surface area contributed by atoms with Gasteiger partial charge in [-0.3, -0.25) is 9.89 Å². The Bertz CT molecular complexity index is 794. The average Bonchev–Trinajstić information content (AvgIpc) is 3.17. The molecule has 0 saturated carbocycles. The molecular formula is C21H33ClN6O. The summed E-state index contributed by atoms with van der Waals surface area (Å²) < 4.78 is 5.34. The molecule has 0 saturated heterocycles. The minimum absolute atomic E-state index is 0.134. The lowest BCUT2D eigenvalue weighted by molar-refractivity contribution is 0.219. The van der Waals surface area contributed by atoms with E-state index in [2.05, 4.69) is 50.6 Å². The van der Waals surface area contributed by atoms with Crippen molar-refractivity contribution in [3.63, 3.8) is 0 Å². The summed E-state index contributed by atoms with van der Waals surface area (Å²) in [5, 5.41) is 11.5. The minimum atomic E-state index is -0.170. The van der Waals surface area contributed by atoms with Crippen LogP contribution in [0.25, 0.3) is 0 Å². The van der Waals surface area contributed by atoms with Crippen molar-refractivity contribution in [2.45, 2.75) is 52.6 Å². The molecule has 0 amide bonds. The number of aromatic nitrogens is 2. The number of nitrogens with zero attached hydrogens (tertiary/aromatic N) is 4. The first-order valence-electron chi connectivity index (χ1n) is 10.1. The number of likely N-dealkylation sites (N-methyl/N-ethyl adjacent to an activating group) is 1. The van der Waals surface area contributed by atoms with Crippen molar-refractivity contribution in [3.8, 4) is 0 Å². The van der Waals surface area contributed by atoms with Crippen LogP contribution in [0.2, 0.25) is 5.02 Å². The van der Waals surface area contributed by atoms with Crippen molar-refractivity contribution < 1.29 is 4.52 Å². The van der Waals surface area contributed by atoms with Crippen molar-refractivity contribution in [2.75, 3.05) is 26.7 Å². The van der Waals surface area contributed by atoms with Gasteiger partial charge in [-0.05, 0) is 24.7 Å². The van der Waals surface area contributed by atoms with E-state index in [1.807, 2.05) is 39.0 Å². The maximum absolute atomic E-state index is 6.48. The van der Waals surface area contributed by atoms with E-state index in [0.717, 1.165) is 23.7 Å². The molecule has 1 heterocycles. The van der Waals surface area contributed by atoms with Crippen LogP contribution in [0.15, 0.2) is 33.8 Å². The topological polar surface area (TPSA) is 78.6 Å². The molecule has 2 rings (SSSR count). The largest absolute Gasteiger partial charge is 0.354 e. The Hall–Kier alpha value is -2.12. The van der Waals surface area contributed by atoms with Crippen LogP contribution in [-0.2, 0) is 12.0 Å². The fourth-order valence-electron chi connectivity index (χ4n) is 3.05. The lowest BCUT2D eigenvalue weighted by Crippen LogP contribution is -2.43. The third kappa shape index (κ3) is 6.44. The summed E-state index contributed by atoms with van der Waals surface area (Å²) in [6.45, 7) is 13.4. The molecule has 0 radical (unpaired) electrons. The monoisotopic (exact) mass is 420 g/mol. The lowest BCUT2D eigenvalue weighted by Gasteiger charge is -2.31. The molecule has 160 valence electrons. The Balaban J connectivity index is 2.03. The molecular weight excluding hydrogens is 388 g/mol. The van der Waals surface area contributed by atoms with Crippen molar-refractivity contribution in [1.82, 2.24) is 25.7 Å². The highest BCUT2D eigenvalue weighted by atomic mass is 35.5. The second kappa shape index (κ2) is 10.6. The highest BCUT2D eigenvalue weighted by Gasteiger charge is 2.22. The minimum Gasteiger partial charge on any atom is -0.354 e. The van der Waals surface area contributed by atoms with Crippen molar-refractivity contribution in [1.29, 1.82) is 0 Å². The summed E-state index contributed by atoms with van der Waals surface area (Å²) in [6, 6.07) is 8.12. The van der Waals surface area contributed by atoms with E-state index in [1.165, 1.54) is 0 Å². The van der Waals surface area contributed by atoms with Gasteiger partial charge in [-0.15, -0.1) is 0 Å². The van der Waals surface area contributed by atoms with Crippen molar-refractivity contribution in [2.24, 2.45) is 4.99 Å². The summed E-state index contributed by atoms with van der Waals surface area (Å²) in [5.74, 6) is 1.90. The molecule has 0 aliphatic heterocycles. The van der Waals surface area contributed by atoms with Gasteiger partial charge in [0.25, 0.3) is 0 Å². The smallest absolute Gasteiger partial charge is 0.232 e. The van der Waals surface area contributed by atoms with Crippen LogP contribution in [-0.4, -0.2) is 47.7 Å². The van der Waals surface area contributed by atoms with Crippen LogP contribution in [0.1, 0.15) is 57.9 Å². The summed E-state index contributed by atoms with van der Waals surface area (Å²) in [4.78, 5) is 11.1. The molecule has 8 heteroatoms. The fraction of sp³-hybridized carbons (Fsp3) is 0.571. The molecule has 1 atom stereocenters. The van der Waals surface area contributed by atoms with Gasteiger partial charge in [-0.25, -0.2) is 0 Å². The van der Waals surface area contributed by atoms with Crippen LogP contribution >= 0.6 is 11.6 Å². The molecule has 0 aliphatic carbocycles. The van der Waals surface area contributed by atoms with Gasteiger partial charge in [0, 0.05) is 24.0 Å². The summed E-state index contributed by atoms with van der Waals surface area (Å²) in [7, 11) is 1.74. The maximum Gasteiger partial charge on any atom is 0.232 e. The molecule has 29 heavy (non-hydrogen) atoms. The number of hydrogen-bond donors (Lipinski definition) is 2. The Morgan fingerprint density at radius 1 is 1.21 bits per heavy atom. The highest BCUT2D eigenvalue weighted by Crippen LogP contribution is 2.27. The molecule has 7 nitrogen and oxygen atoms in total. The van der Waals surface area contributed by atoms with Gasteiger partial charge < -0.3 is 15.2 Å². The third-order valence-electron chi connectivity index (χ3n) is 4.73. The van der Waals surface area contributed by atoms with Crippen LogP contribution in [0.5, 0.6) is 0 Å². The molecule has 1 unspecified atom stereocenters. The number of aliphatic imine (C=N–C) groups is 1. The number of rotatable bonds is 8. The lowest BCUT2D eigenvalue weighted by atomic mass is 9.97. The van der Waals surface area contributed by atoms with E-state index in [4.69, 9.17) is 16.1 Å². The van der Waals surface area contributed by atoms with Gasteiger partial charge in [0.1, 0.15) is 0 Å². The van der Waals surface area contributed by atoms with Gasteiger partial charge in [0.15, 0.2) is 11.8 Å². The molecule has 1 aromatic heterocycles. The maximum atomic E-state index is 6.48. The Labute approximate surface area is 178 Å². The SMILES string of the molecule is CCN(CC)C(CNC(=NC)NCc1noc(C(C)(C)C)n1)c1ccccc1Cl. The second-order valence-electron chi connectivity index (χ2n) is 7.83. The van der Waals surface area contributed by atoms with Crippen LogP contribution in [0.4, 0.5) is 0 Å². The van der Waals surface area contributed by atoms with Gasteiger partial charge in [-0.1, -0.05) is 69.6 Å². The normalized spacial score (nSPS) is 13.6. The van der Waals surface area contributed by atoms with Gasteiger partial charge in [-0.2, -0.15) is 4.98 Å². The van der Waals surface area contributed by atoms with Crippen LogP contribution in [0, 0.1) is 0 Å². The van der Waals surface area contributed by atoms with Crippen LogP contribution in [0.3, 0.4) is 0 Å². The predicted molar refractivity (Wildman–Crippen MR) is 118 cm³/mol. The number of guanidine groups is 1. The molecule has 0 fully saturated rings. The second-order valence-corrected chi connectivity index (χ2v) is 8.24. The highest BCUT2D eigenvalue weighted by molar-refractivity contribution is 6.31. The standard InChI is InChI=1S/C21H33ClN6O/c1-7-28(8-2)17(15-11-9-10-12-16(15)22)13-24-20(23-6)25-14-18-26-19(29-27-18)21(3,4)5/h9-12,17H,7-8,13-14H2,1-6H3,(H2,23,24,25). The van der Waals surface area contributed by atoms with E-state index in [0.29, 0.717) is 30.8 Å². The van der Waals surface area contributed by atoms with E-state index in [-0.39, 0.29) is 11.5 Å². The van der Waals surface area contributed by atoms with Gasteiger partial charge in [0.2, 0.25) is 5.89 Å². The number of nitrogens with one attached hydrogen (secondary N) is 2. The first kappa shape index (κ1) is 23.2. The first-order valence-corrected chi connectivity index (χ1v) is 10.4. The number of benzene rings is 1. The molecule has 1 aromatic carbocycles. The zero-order valence-electron chi connectivity index (χ0n) is 18.3. The van der Waals surface area contributed by atoms with E-state index in [9.17, 15) is 0 Å². The van der Waals surface area contributed by atoms with Crippen molar-refractivity contribution >= 4 is 17.6 Å². The van der Waals surface area contributed by atoms with Gasteiger partial charge >= 0.3 is 0 Å². The Morgan fingerprint density at radius 2 is 1.90 bits per heavy atom. The summed E-state index contributed by atoms with van der Waals surface area (Å²) in [6.07, 6.45) is 0. The average molecular weight is 421 g/mol. The Morgan fingerprint density at radius 3 is 2.45 bits per heavy atom. The third-order valence-corrected chi connectivity index (χ3v) is 5.07. The molecule has 2 N–H and O–H groups in total. The zero-order valence-corrected chi connectivity index (χ0v) is 19.0. The zero-order chi connectivity index (χ0) is 21.4. The molecule has 2 aromatic rings. The molecule has 0 aliphatic rings. The van der Waals surface area contributed by atoms with Crippen molar-refractivity contribution in [3.05, 3.63) is 46.6 Å². The van der Waals surface area contributed by atoms with Crippen LogP contribution < -0.4 is 10.6 Å². The molecule has 0 bridgehead atoms. The summed E-state index contributed by atoms with van der Waals surface area (Å²) in [5.41, 5.74) is 0.936. The molecule has 0 spiro atoms. The van der Waals surface area contributed by atoms with E-state index in [1.54, 1.807) is 7.05 Å². The Kier molecular flexibility index (Phi) is 8.46. The quantitative estimate of drug-likeness (QED) is 0.500. The first-order chi connectivity index (χ1) is 13.8. The number of halogens is 1. The van der Waals surface area contributed by atoms with E-state index < -0.39 is 0 Å². The van der Waals surface area contributed by atoms with Gasteiger partial charge in [0.05, 0.1) is 12.6 Å². The van der Waals surface area contributed by atoms with E-state index >= 15 is 0 Å². The number of hydrogen-bond acceptors (Lipinski definition) is 5. The summed E-state index contributed by atoms with van der Waals surface area (Å²) >= 11 is 6.48.